The fourth-order valence-electron chi connectivity index (χ4n) is 2.40. The van der Waals surface area contributed by atoms with Crippen molar-refractivity contribution in [1.29, 1.82) is 0 Å². The molecule has 0 spiro atoms. The molecule has 1 aromatic carbocycles. The van der Waals surface area contributed by atoms with Gasteiger partial charge in [-0.1, -0.05) is 29.0 Å². The predicted octanol–water partition coefficient (Wildman–Crippen LogP) is 2.91. The van der Waals surface area contributed by atoms with Gasteiger partial charge < -0.3 is 4.90 Å². The van der Waals surface area contributed by atoms with E-state index < -0.39 is 0 Å². The number of nitrogens with zero attached hydrogens (tertiary/aromatic N) is 5. The lowest BCUT2D eigenvalue weighted by molar-refractivity contribution is 0.332. The zero-order valence-corrected chi connectivity index (χ0v) is 12.4. The molecule has 5 nitrogen and oxygen atoms in total. The molecule has 1 aliphatic heterocycles. The molecule has 0 aliphatic carbocycles. The van der Waals surface area contributed by atoms with E-state index in [0.717, 1.165) is 39.0 Å². The van der Waals surface area contributed by atoms with Crippen molar-refractivity contribution in [2.24, 2.45) is 0 Å². The molecule has 0 saturated carbocycles. The summed E-state index contributed by atoms with van der Waals surface area (Å²) in [6, 6.07) is 4.29. The van der Waals surface area contributed by atoms with Gasteiger partial charge in [0, 0.05) is 13.1 Å². The molecule has 0 atom stereocenters. The summed E-state index contributed by atoms with van der Waals surface area (Å²) in [5.41, 5.74) is 2.18. The van der Waals surface area contributed by atoms with Crippen molar-refractivity contribution in [3.05, 3.63) is 35.1 Å². The Balaban J connectivity index is 1.62. The van der Waals surface area contributed by atoms with Crippen molar-refractivity contribution in [2.75, 3.05) is 18.0 Å². The zero-order valence-electron chi connectivity index (χ0n) is 10.8. The molecule has 0 bridgehead atoms. The van der Waals surface area contributed by atoms with Gasteiger partial charge in [0.15, 0.2) is 5.13 Å². The SMILES string of the molecule is Cc1ccc(Cl)c2sc(N3CC(n4nccn4)C3)nc12. The average Bonchev–Trinajstić information content (AvgIpc) is 3.02. The van der Waals surface area contributed by atoms with E-state index in [4.69, 9.17) is 16.6 Å². The van der Waals surface area contributed by atoms with E-state index in [0.29, 0.717) is 6.04 Å². The van der Waals surface area contributed by atoms with Crippen LogP contribution in [-0.4, -0.2) is 33.1 Å². The number of hydrogen-bond donors (Lipinski definition) is 0. The average molecular weight is 306 g/mol. The highest BCUT2D eigenvalue weighted by molar-refractivity contribution is 7.22. The first-order valence-corrected chi connectivity index (χ1v) is 7.58. The summed E-state index contributed by atoms with van der Waals surface area (Å²) >= 11 is 7.90. The van der Waals surface area contributed by atoms with Crippen molar-refractivity contribution in [3.63, 3.8) is 0 Å². The highest BCUT2D eigenvalue weighted by Crippen LogP contribution is 2.38. The molecule has 3 heterocycles. The predicted molar refractivity (Wildman–Crippen MR) is 80.6 cm³/mol. The lowest BCUT2D eigenvalue weighted by Crippen LogP contribution is -2.48. The normalized spacial score (nSPS) is 15.8. The third-order valence-electron chi connectivity index (χ3n) is 3.58. The van der Waals surface area contributed by atoms with Crippen LogP contribution in [0, 0.1) is 6.92 Å². The number of hydrogen-bond acceptors (Lipinski definition) is 5. The Kier molecular flexibility index (Phi) is 2.68. The molecule has 0 unspecified atom stereocenters. The second-order valence-electron chi connectivity index (χ2n) is 4.95. The molecule has 7 heteroatoms. The van der Waals surface area contributed by atoms with Crippen LogP contribution in [0.3, 0.4) is 0 Å². The van der Waals surface area contributed by atoms with E-state index in [1.165, 1.54) is 0 Å². The van der Waals surface area contributed by atoms with Gasteiger partial charge in [0.05, 0.1) is 27.6 Å². The molecular formula is C13H12ClN5S. The van der Waals surface area contributed by atoms with Gasteiger partial charge in [0.25, 0.3) is 0 Å². The van der Waals surface area contributed by atoms with Crippen LogP contribution in [0.1, 0.15) is 11.6 Å². The maximum atomic E-state index is 6.25. The summed E-state index contributed by atoms with van der Waals surface area (Å²) in [6.45, 7) is 3.85. The highest BCUT2D eigenvalue weighted by atomic mass is 35.5. The van der Waals surface area contributed by atoms with E-state index in [-0.39, 0.29) is 0 Å². The maximum absolute atomic E-state index is 6.25. The van der Waals surface area contributed by atoms with Crippen LogP contribution in [-0.2, 0) is 0 Å². The minimum atomic E-state index is 0.341. The van der Waals surface area contributed by atoms with Crippen LogP contribution in [0.2, 0.25) is 5.02 Å². The molecule has 3 aromatic rings. The topological polar surface area (TPSA) is 46.8 Å². The molecule has 102 valence electrons. The van der Waals surface area contributed by atoms with Gasteiger partial charge in [-0.2, -0.15) is 15.0 Å². The summed E-state index contributed by atoms with van der Waals surface area (Å²) in [6.07, 6.45) is 3.42. The Hall–Kier alpha value is -1.66. The lowest BCUT2D eigenvalue weighted by Gasteiger charge is -2.37. The van der Waals surface area contributed by atoms with Gasteiger partial charge in [-0.05, 0) is 18.6 Å². The number of anilines is 1. The third kappa shape index (κ3) is 1.79. The van der Waals surface area contributed by atoms with Crippen molar-refractivity contribution in [3.8, 4) is 0 Å². The molecule has 0 radical (unpaired) electrons. The lowest BCUT2D eigenvalue weighted by atomic mass is 10.1. The molecule has 4 rings (SSSR count). The van der Waals surface area contributed by atoms with Gasteiger partial charge in [0.2, 0.25) is 0 Å². The Bertz CT molecular complexity index is 722. The summed E-state index contributed by atoms with van der Waals surface area (Å²) < 4.78 is 1.07. The van der Waals surface area contributed by atoms with E-state index in [1.807, 2.05) is 12.1 Å². The summed E-state index contributed by atoms with van der Waals surface area (Å²) in [5.74, 6) is 0. The van der Waals surface area contributed by atoms with Crippen LogP contribution in [0.5, 0.6) is 0 Å². The third-order valence-corrected chi connectivity index (χ3v) is 5.16. The second-order valence-corrected chi connectivity index (χ2v) is 6.33. The minimum Gasteiger partial charge on any atom is -0.343 e. The van der Waals surface area contributed by atoms with Crippen LogP contribution in [0.4, 0.5) is 5.13 Å². The molecule has 1 fully saturated rings. The first-order valence-electron chi connectivity index (χ1n) is 6.39. The molecular weight excluding hydrogens is 294 g/mol. The molecule has 1 saturated heterocycles. The Morgan fingerprint density at radius 2 is 2.00 bits per heavy atom. The van der Waals surface area contributed by atoms with Gasteiger partial charge in [-0.25, -0.2) is 4.98 Å². The van der Waals surface area contributed by atoms with Crippen LogP contribution in [0.25, 0.3) is 10.2 Å². The maximum Gasteiger partial charge on any atom is 0.186 e. The number of aryl methyl sites for hydroxylation is 1. The second kappa shape index (κ2) is 4.43. The number of thiazole rings is 1. The Labute approximate surface area is 124 Å². The van der Waals surface area contributed by atoms with Crippen LogP contribution >= 0.6 is 22.9 Å². The zero-order chi connectivity index (χ0) is 13.7. The quantitative estimate of drug-likeness (QED) is 0.730. The van der Waals surface area contributed by atoms with E-state index in [9.17, 15) is 0 Å². The van der Waals surface area contributed by atoms with Gasteiger partial charge >= 0.3 is 0 Å². The number of fused-ring (bicyclic) bond motifs is 1. The van der Waals surface area contributed by atoms with Crippen molar-refractivity contribution in [2.45, 2.75) is 13.0 Å². The summed E-state index contributed by atoms with van der Waals surface area (Å²) in [5, 5.41) is 10.2. The largest absolute Gasteiger partial charge is 0.343 e. The highest BCUT2D eigenvalue weighted by Gasteiger charge is 2.31. The smallest absolute Gasteiger partial charge is 0.186 e. The van der Waals surface area contributed by atoms with Gasteiger partial charge in [-0.3, -0.25) is 0 Å². The fourth-order valence-corrected chi connectivity index (χ4v) is 3.73. The molecule has 20 heavy (non-hydrogen) atoms. The van der Waals surface area contributed by atoms with Crippen LogP contribution in [0.15, 0.2) is 24.5 Å². The minimum absolute atomic E-state index is 0.341. The summed E-state index contributed by atoms with van der Waals surface area (Å²) in [7, 11) is 0. The number of rotatable bonds is 2. The number of aromatic nitrogens is 4. The van der Waals surface area contributed by atoms with Crippen molar-refractivity contribution >= 4 is 38.3 Å². The van der Waals surface area contributed by atoms with Gasteiger partial charge in [-0.15, -0.1) is 0 Å². The molecule has 0 amide bonds. The standard InChI is InChI=1S/C13H12ClN5S/c1-8-2-3-10(14)12-11(8)17-13(20-12)18-6-9(7-18)19-15-4-5-16-19/h2-5,9H,6-7H2,1H3. The Morgan fingerprint density at radius 1 is 1.25 bits per heavy atom. The van der Waals surface area contributed by atoms with Crippen molar-refractivity contribution < 1.29 is 0 Å². The van der Waals surface area contributed by atoms with E-state index in [1.54, 1.807) is 28.5 Å². The van der Waals surface area contributed by atoms with E-state index >= 15 is 0 Å². The van der Waals surface area contributed by atoms with E-state index in [2.05, 4.69) is 22.0 Å². The van der Waals surface area contributed by atoms with Crippen LogP contribution < -0.4 is 4.90 Å². The fraction of sp³-hybridized carbons (Fsp3) is 0.308. The molecule has 0 N–H and O–H groups in total. The molecule has 2 aromatic heterocycles. The first-order chi connectivity index (χ1) is 9.72. The number of benzene rings is 1. The monoisotopic (exact) mass is 305 g/mol. The molecule has 1 aliphatic rings. The number of halogens is 1. The Morgan fingerprint density at radius 3 is 2.70 bits per heavy atom. The van der Waals surface area contributed by atoms with Gasteiger partial charge in [0.1, 0.15) is 6.04 Å². The summed E-state index contributed by atoms with van der Waals surface area (Å²) in [4.78, 5) is 8.73. The first kappa shape index (κ1) is 12.1. The van der Waals surface area contributed by atoms with Crippen molar-refractivity contribution in [1.82, 2.24) is 20.0 Å².